The van der Waals surface area contributed by atoms with Gasteiger partial charge >= 0.3 is 0 Å². The molecule has 0 radical (unpaired) electrons. The molecule has 0 saturated heterocycles. The molecule has 1 N–H and O–H groups in total. The third-order valence-electron chi connectivity index (χ3n) is 2.64. The molecule has 1 aromatic carbocycles. The first-order valence-corrected chi connectivity index (χ1v) is 7.48. The Kier molecular flexibility index (Phi) is 5.38. The molecule has 1 heterocycles. The number of rotatable bonds is 7. The SMILES string of the molecule is CC(C)c1nc(COc2ccccc2OCCO)cs1. The fourth-order valence-corrected chi connectivity index (χ4v) is 2.47. The Morgan fingerprint density at radius 2 is 1.90 bits per heavy atom. The van der Waals surface area contributed by atoms with Gasteiger partial charge in [0.25, 0.3) is 0 Å². The molecule has 2 rings (SSSR count). The molecule has 1 aromatic heterocycles. The second-order valence-electron chi connectivity index (χ2n) is 4.64. The Morgan fingerprint density at radius 3 is 2.50 bits per heavy atom. The van der Waals surface area contributed by atoms with Gasteiger partial charge in [0.05, 0.1) is 17.3 Å². The summed E-state index contributed by atoms with van der Waals surface area (Å²) in [5, 5.41) is 11.9. The Hall–Kier alpha value is -1.59. The largest absolute Gasteiger partial charge is 0.487 e. The molecule has 0 aliphatic heterocycles. The van der Waals surface area contributed by atoms with Crippen molar-refractivity contribution >= 4 is 11.3 Å². The molecule has 5 heteroatoms. The fourth-order valence-electron chi connectivity index (χ4n) is 1.65. The lowest BCUT2D eigenvalue weighted by molar-refractivity contribution is 0.192. The average molecular weight is 293 g/mol. The van der Waals surface area contributed by atoms with E-state index in [1.807, 2.05) is 29.6 Å². The summed E-state index contributed by atoms with van der Waals surface area (Å²) in [6.45, 7) is 4.92. The number of thiazole rings is 1. The molecule has 2 aromatic rings. The second-order valence-corrected chi connectivity index (χ2v) is 5.53. The van der Waals surface area contributed by atoms with Gasteiger partial charge in [0, 0.05) is 11.3 Å². The summed E-state index contributed by atoms with van der Waals surface area (Å²) in [6, 6.07) is 7.44. The average Bonchev–Trinajstić information content (AvgIpc) is 2.93. The number of aliphatic hydroxyl groups excluding tert-OH is 1. The van der Waals surface area contributed by atoms with Gasteiger partial charge in [-0.2, -0.15) is 0 Å². The summed E-state index contributed by atoms with van der Waals surface area (Å²) >= 11 is 1.66. The third-order valence-corrected chi connectivity index (χ3v) is 3.83. The maximum absolute atomic E-state index is 8.81. The lowest BCUT2D eigenvalue weighted by atomic mass is 10.2. The predicted molar refractivity (Wildman–Crippen MR) is 79.6 cm³/mol. The van der Waals surface area contributed by atoms with E-state index in [1.54, 1.807) is 11.3 Å². The van der Waals surface area contributed by atoms with Crippen LogP contribution in [0.4, 0.5) is 0 Å². The first-order valence-electron chi connectivity index (χ1n) is 6.60. The van der Waals surface area contributed by atoms with Crippen LogP contribution in [0.15, 0.2) is 29.6 Å². The van der Waals surface area contributed by atoms with Crippen molar-refractivity contribution in [1.29, 1.82) is 0 Å². The van der Waals surface area contributed by atoms with Crippen LogP contribution in [-0.2, 0) is 6.61 Å². The van der Waals surface area contributed by atoms with E-state index in [2.05, 4.69) is 18.8 Å². The monoisotopic (exact) mass is 293 g/mol. The molecular weight excluding hydrogens is 274 g/mol. The molecule has 108 valence electrons. The van der Waals surface area contributed by atoms with E-state index < -0.39 is 0 Å². The predicted octanol–water partition coefficient (Wildman–Crippen LogP) is 3.22. The van der Waals surface area contributed by atoms with E-state index in [0.29, 0.717) is 24.0 Å². The summed E-state index contributed by atoms with van der Waals surface area (Å²) in [4.78, 5) is 4.53. The van der Waals surface area contributed by atoms with Gasteiger partial charge in [-0.1, -0.05) is 26.0 Å². The van der Waals surface area contributed by atoms with Crippen molar-refractivity contribution in [1.82, 2.24) is 4.98 Å². The minimum absolute atomic E-state index is 0.0157. The molecule has 0 bridgehead atoms. The highest BCUT2D eigenvalue weighted by Crippen LogP contribution is 2.27. The third kappa shape index (κ3) is 3.95. The molecule has 4 nitrogen and oxygen atoms in total. The number of aromatic nitrogens is 1. The zero-order valence-corrected chi connectivity index (χ0v) is 12.5. The van der Waals surface area contributed by atoms with Crippen LogP contribution < -0.4 is 9.47 Å². The van der Waals surface area contributed by atoms with Crippen LogP contribution in [0.2, 0.25) is 0 Å². The first kappa shape index (κ1) is 14.8. The minimum atomic E-state index is -0.0157. The minimum Gasteiger partial charge on any atom is -0.487 e. The Labute approximate surface area is 123 Å². The topological polar surface area (TPSA) is 51.6 Å². The molecule has 0 saturated carbocycles. The summed E-state index contributed by atoms with van der Waals surface area (Å²) in [5.74, 6) is 1.75. The van der Waals surface area contributed by atoms with Gasteiger partial charge in [-0.05, 0) is 12.1 Å². The lowest BCUT2D eigenvalue weighted by Gasteiger charge is -2.11. The van der Waals surface area contributed by atoms with Gasteiger partial charge in [0.1, 0.15) is 13.2 Å². The van der Waals surface area contributed by atoms with Crippen molar-refractivity contribution in [3.63, 3.8) is 0 Å². The normalized spacial score (nSPS) is 10.8. The summed E-state index contributed by atoms with van der Waals surface area (Å²) in [6.07, 6.45) is 0. The van der Waals surface area contributed by atoms with Gasteiger partial charge in [0.15, 0.2) is 11.5 Å². The van der Waals surface area contributed by atoms with Crippen LogP contribution in [0.1, 0.15) is 30.5 Å². The number of nitrogens with zero attached hydrogens (tertiary/aromatic N) is 1. The number of hydrogen-bond donors (Lipinski definition) is 1. The lowest BCUT2D eigenvalue weighted by Crippen LogP contribution is -2.04. The van der Waals surface area contributed by atoms with Gasteiger partial charge in [-0.25, -0.2) is 4.98 Å². The van der Waals surface area contributed by atoms with Crippen LogP contribution in [0, 0.1) is 0 Å². The van der Waals surface area contributed by atoms with Crippen molar-refractivity contribution in [2.75, 3.05) is 13.2 Å². The zero-order chi connectivity index (χ0) is 14.4. The standard InChI is InChI=1S/C15H19NO3S/c1-11(2)15-16-12(10-20-15)9-19-14-6-4-3-5-13(14)18-8-7-17/h3-6,10-11,17H,7-9H2,1-2H3. The molecule has 0 unspecified atom stereocenters. The van der Waals surface area contributed by atoms with Crippen LogP contribution in [-0.4, -0.2) is 23.3 Å². The number of ether oxygens (including phenoxy) is 2. The highest BCUT2D eigenvalue weighted by Gasteiger charge is 2.08. The van der Waals surface area contributed by atoms with Crippen molar-refractivity contribution in [3.05, 3.63) is 40.3 Å². The van der Waals surface area contributed by atoms with Gasteiger partial charge in [0.2, 0.25) is 0 Å². The highest BCUT2D eigenvalue weighted by atomic mass is 32.1. The quantitative estimate of drug-likeness (QED) is 0.851. The second kappa shape index (κ2) is 7.26. The van der Waals surface area contributed by atoms with Crippen LogP contribution in [0.5, 0.6) is 11.5 Å². The summed E-state index contributed by atoms with van der Waals surface area (Å²) in [7, 11) is 0. The fraction of sp³-hybridized carbons (Fsp3) is 0.400. The van der Waals surface area contributed by atoms with E-state index in [1.165, 1.54) is 0 Å². The molecular formula is C15H19NO3S. The van der Waals surface area contributed by atoms with E-state index in [-0.39, 0.29) is 13.2 Å². The molecule has 0 fully saturated rings. The van der Waals surface area contributed by atoms with Crippen molar-refractivity contribution in [2.45, 2.75) is 26.4 Å². The number of hydrogen-bond acceptors (Lipinski definition) is 5. The van der Waals surface area contributed by atoms with Crippen LogP contribution in [0.3, 0.4) is 0 Å². The van der Waals surface area contributed by atoms with Gasteiger partial charge < -0.3 is 14.6 Å². The van der Waals surface area contributed by atoms with E-state index in [0.717, 1.165) is 10.7 Å². The molecule has 20 heavy (non-hydrogen) atoms. The summed E-state index contributed by atoms with van der Waals surface area (Å²) < 4.78 is 11.2. The molecule has 0 spiro atoms. The number of para-hydroxylation sites is 2. The van der Waals surface area contributed by atoms with E-state index >= 15 is 0 Å². The number of benzene rings is 1. The van der Waals surface area contributed by atoms with E-state index in [9.17, 15) is 0 Å². The maximum Gasteiger partial charge on any atom is 0.161 e. The maximum atomic E-state index is 8.81. The molecule has 0 aliphatic carbocycles. The molecule has 0 aliphatic rings. The number of aliphatic hydroxyl groups is 1. The van der Waals surface area contributed by atoms with E-state index in [4.69, 9.17) is 14.6 Å². The van der Waals surface area contributed by atoms with Crippen LogP contribution in [0.25, 0.3) is 0 Å². The van der Waals surface area contributed by atoms with Crippen molar-refractivity contribution in [3.8, 4) is 11.5 Å². The first-order chi connectivity index (χ1) is 9.70. The van der Waals surface area contributed by atoms with Gasteiger partial charge in [-0.3, -0.25) is 0 Å². The Bertz CT molecular complexity index is 539. The smallest absolute Gasteiger partial charge is 0.161 e. The summed E-state index contributed by atoms with van der Waals surface area (Å²) in [5.41, 5.74) is 0.927. The zero-order valence-electron chi connectivity index (χ0n) is 11.7. The van der Waals surface area contributed by atoms with Crippen molar-refractivity contribution in [2.24, 2.45) is 0 Å². The molecule has 0 amide bonds. The molecule has 0 atom stereocenters. The Balaban J connectivity index is 1.99. The van der Waals surface area contributed by atoms with Crippen LogP contribution >= 0.6 is 11.3 Å². The van der Waals surface area contributed by atoms with Gasteiger partial charge in [-0.15, -0.1) is 11.3 Å². The van der Waals surface area contributed by atoms with Crippen molar-refractivity contribution < 1.29 is 14.6 Å². The highest BCUT2D eigenvalue weighted by molar-refractivity contribution is 7.09. The Morgan fingerprint density at radius 1 is 1.20 bits per heavy atom.